The lowest BCUT2D eigenvalue weighted by Crippen LogP contribution is -2.29. The van der Waals surface area contributed by atoms with Gasteiger partial charge in [0.05, 0.1) is 0 Å². The predicted molar refractivity (Wildman–Crippen MR) is 50.1 cm³/mol. The standard InChI is InChI=1S/C8H15NO2S/c9-7(8(10)11)12-6-4-2-1-3-5-6/h6-7H,1-5,9H2,(H,10,11). The van der Waals surface area contributed by atoms with Crippen molar-refractivity contribution in [3.63, 3.8) is 0 Å². The van der Waals surface area contributed by atoms with E-state index in [9.17, 15) is 4.79 Å². The van der Waals surface area contributed by atoms with Gasteiger partial charge in [0.2, 0.25) is 0 Å². The van der Waals surface area contributed by atoms with Crippen molar-refractivity contribution in [2.45, 2.75) is 42.7 Å². The number of hydrogen-bond acceptors (Lipinski definition) is 3. The average molecular weight is 189 g/mol. The lowest BCUT2D eigenvalue weighted by molar-refractivity contribution is -0.136. The van der Waals surface area contributed by atoms with Crippen molar-refractivity contribution in [3.05, 3.63) is 0 Å². The van der Waals surface area contributed by atoms with E-state index in [0.29, 0.717) is 5.25 Å². The van der Waals surface area contributed by atoms with E-state index in [1.165, 1.54) is 31.0 Å². The number of thioether (sulfide) groups is 1. The zero-order valence-corrected chi connectivity index (χ0v) is 7.85. The first kappa shape index (κ1) is 9.86. The second kappa shape index (κ2) is 4.72. The molecule has 0 spiro atoms. The van der Waals surface area contributed by atoms with Gasteiger partial charge in [0.25, 0.3) is 0 Å². The second-order valence-electron chi connectivity index (χ2n) is 3.15. The van der Waals surface area contributed by atoms with Crippen LogP contribution in [0.5, 0.6) is 0 Å². The van der Waals surface area contributed by atoms with E-state index < -0.39 is 11.3 Å². The van der Waals surface area contributed by atoms with E-state index in [1.54, 1.807) is 0 Å². The molecule has 3 nitrogen and oxygen atoms in total. The molecule has 0 amide bonds. The molecule has 0 radical (unpaired) electrons. The van der Waals surface area contributed by atoms with E-state index in [2.05, 4.69) is 0 Å². The molecule has 0 heterocycles. The highest BCUT2D eigenvalue weighted by Gasteiger charge is 2.20. The highest BCUT2D eigenvalue weighted by molar-refractivity contribution is 8.01. The van der Waals surface area contributed by atoms with Crippen LogP contribution in [-0.4, -0.2) is 21.7 Å². The third kappa shape index (κ3) is 3.03. The molecule has 0 bridgehead atoms. The summed E-state index contributed by atoms with van der Waals surface area (Å²) in [5, 5.41) is 8.31. The molecule has 12 heavy (non-hydrogen) atoms. The molecular weight excluding hydrogens is 174 g/mol. The lowest BCUT2D eigenvalue weighted by Gasteiger charge is -2.22. The number of rotatable bonds is 3. The van der Waals surface area contributed by atoms with Gasteiger partial charge in [-0.2, -0.15) is 0 Å². The maximum atomic E-state index is 10.4. The van der Waals surface area contributed by atoms with Gasteiger partial charge in [0.1, 0.15) is 0 Å². The summed E-state index contributed by atoms with van der Waals surface area (Å²) in [6.45, 7) is 0. The van der Waals surface area contributed by atoms with Crippen LogP contribution in [0.3, 0.4) is 0 Å². The normalized spacial score (nSPS) is 22.1. The Labute approximate surface area is 76.7 Å². The summed E-state index contributed by atoms with van der Waals surface area (Å²) in [6.07, 6.45) is 6.00. The summed E-state index contributed by atoms with van der Waals surface area (Å²) < 4.78 is 0. The van der Waals surface area contributed by atoms with Gasteiger partial charge in [-0.05, 0) is 12.8 Å². The van der Waals surface area contributed by atoms with Crippen LogP contribution in [0.4, 0.5) is 0 Å². The minimum absolute atomic E-state index is 0.477. The van der Waals surface area contributed by atoms with Crippen LogP contribution in [0.1, 0.15) is 32.1 Å². The molecule has 3 N–H and O–H groups in total. The van der Waals surface area contributed by atoms with Crippen molar-refractivity contribution >= 4 is 17.7 Å². The van der Waals surface area contributed by atoms with Gasteiger partial charge in [-0.15, -0.1) is 11.8 Å². The number of carboxylic acids is 1. The molecule has 0 aromatic heterocycles. The van der Waals surface area contributed by atoms with Gasteiger partial charge in [-0.25, -0.2) is 4.79 Å². The quantitative estimate of drug-likeness (QED) is 0.659. The fourth-order valence-electron chi connectivity index (χ4n) is 1.47. The summed E-state index contributed by atoms with van der Waals surface area (Å²) in [7, 11) is 0. The van der Waals surface area contributed by atoms with Crippen LogP contribution in [0.25, 0.3) is 0 Å². The molecule has 0 aromatic carbocycles. The first-order valence-electron chi connectivity index (χ1n) is 4.34. The van der Waals surface area contributed by atoms with E-state index >= 15 is 0 Å². The lowest BCUT2D eigenvalue weighted by atomic mass is 10.0. The number of carbonyl (C=O) groups is 1. The molecule has 70 valence electrons. The van der Waals surface area contributed by atoms with Crippen molar-refractivity contribution in [2.24, 2.45) is 5.73 Å². The zero-order chi connectivity index (χ0) is 8.97. The maximum absolute atomic E-state index is 10.4. The second-order valence-corrected chi connectivity index (χ2v) is 4.60. The molecule has 0 aliphatic heterocycles. The first-order valence-corrected chi connectivity index (χ1v) is 5.28. The van der Waals surface area contributed by atoms with Crippen LogP contribution < -0.4 is 5.73 Å². The maximum Gasteiger partial charge on any atom is 0.330 e. The van der Waals surface area contributed by atoms with Gasteiger partial charge >= 0.3 is 5.97 Å². The molecule has 0 aromatic rings. The van der Waals surface area contributed by atoms with Gasteiger partial charge in [-0.1, -0.05) is 19.3 Å². The fourth-order valence-corrected chi connectivity index (χ4v) is 2.60. The van der Waals surface area contributed by atoms with Gasteiger partial charge in [0.15, 0.2) is 5.37 Å². The smallest absolute Gasteiger partial charge is 0.330 e. The highest BCUT2D eigenvalue weighted by Crippen LogP contribution is 2.29. The summed E-state index contributed by atoms with van der Waals surface area (Å²) >= 11 is 1.41. The minimum Gasteiger partial charge on any atom is -0.479 e. The van der Waals surface area contributed by atoms with Crippen LogP contribution in [-0.2, 0) is 4.79 Å². The van der Waals surface area contributed by atoms with E-state index in [-0.39, 0.29) is 0 Å². The first-order chi connectivity index (χ1) is 5.70. The Morgan fingerprint density at radius 2 is 2.00 bits per heavy atom. The van der Waals surface area contributed by atoms with Crippen molar-refractivity contribution in [1.29, 1.82) is 0 Å². The highest BCUT2D eigenvalue weighted by atomic mass is 32.2. The Hall–Kier alpha value is -0.220. The SMILES string of the molecule is NC(SC1CCCCC1)C(=O)O. The van der Waals surface area contributed by atoms with Gasteiger partial charge in [0, 0.05) is 5.25 Å². The number of hydrogen-bond donors (Lipinski definition) is 2. The Morgan fingerprint density at radius 1 is 1.42 bits per heavy atom. The number of aliphatic carboxylic acids is 1. The number of nitrogens with two attached hydrogens (primary N) is 1. The monoisotopic (exact) mass is 189 g/mol. The Morgan fingerprint density at radius 3 is 2.50 bits per heavy atom. The van der Waals surface area contributed by atoms with Crippen molar-refractivity contribution in [3.8, 4) is 0 Å². The summed E-state index contributed by atoms with van der Waals surface area (Å²) in [5.41, 5.74) is 5.41. The molecule has 4 heteroatoms. The molecule has 1 fully saturated rings. The molecule has 1 saturated carbocycles. The van der Waals surface area contributed by atoms with Crippen LogP contribution >= 0.6 is 11.8 Å². The molecule has 1 aliphatic rings. The molecular formula is C8H15NO2S. The van der Waals surface area contributed by atoms with E-state index in [4.69, 9.17) is 10.8 Å². The van der Waals surface area contributed by atoms with E-state index in [1.807, 2.05) is 0 Å². The molecule has 1 unspecified atom stereocenters. The molecule has 0 saturated heterocycles. The minimum atomic E-state index is -0.898. The van der Waals surface area contributed by atoms with Crippen LogP contribution in [0.15, 0.2) is 0 Å². The summed E-state index contributed by atoms with van der Waals surface area (Å²) in [5.74, 6) is -0.898. The largest absolute Gasteiger partial charge is 0.479 e. The summed E-state index contributed by atoms with van der Waals surface area (Å²) in [6, 6.07) is 0. The third-order valence-electron chi connectivity index (χ3n) is 2.13. The Bertz CT molecular complexity index is 157. The molecule has 1 atom stereocenters. The van der Waals surface area contributed by atoms with Crippen molar-refractivity contribution < 1.29 is 9.90 Å². The van der Waals surface area contributed by atoms with Crippen molar-refractivity contribution in [2.75, 3.05) is 0 Å². The Balaban J connectivity index is 2.24. The average Bonchev–Trinajstić information content (AvgIpc) is 2.06. The van der Waals surface area contributed by atoms with E-state index in [0.717, 1.165) is 12.8 Å². The zero-order valence-electron chi connectivity index (χ0n) is 7.03. The topological polar surface area (TPSA) is 63.3 Å². The number of carboxylic acid groups (broad SMARTS) is 1. The van der Waals surface area contributed by atoms with Gasteiger partial charge < -0.3 is 10.8 Å². The molecule has 1 aliphatic carbocycles. The van der Waals surface area contributed by atoms with Crippen LogP contribution in [0.2, 0.25) is 0 Å². The molecule has 1 rings (SSSR count). The predicted octanol–water partition coefficient (Wildman–Crippen LogP) is 1.42. The summed E-state index contributed by atoms with van der Waals surface area (Å²) in [4.78, 5) is 10.4. The Kier molecular flexibility index (Phi) is 3.88. The van der Waals surface area contributed by atoms with Crippen molar-refractivity contribution in [1.82, 2.24) is 0 Å². The third-order valence-corrected chi connectivity index (χ3v) is 3.49. The van der Waals surface area contributed by atoms with Gasteiger partial charge in [-0.3, -0.25) is 0 Å². The van der Waals surface area contributed by atoms with Crippen LogP contribution in [0, 0.1) is 0 Å². The fraction of sp³-hybridized carbons (Fsp3) is 0.875.